The van der Waals surface area contributed by atoms with E-state index in [1.165, 1.54) is 7.11 Å². The van der Waals surface area contributed by atoms with Gasteiger partial charge in [-0.2, -0.15) is 0 Å². The van der Waals surface area contributed by atoms with Crippen LogP contribution < -0.4 is 0 Å². The normalized spacial score (nSPS) is 19.7. The Hall–Kier alpha value is -0.380. The lowest BCUT2D eigenvalue weighted by Gasteiger charge is -2.48. The fourth-order valence-corrected chi connectivity index (χ4v) is 2.38. The molecule has 1 rings (SSSR count). The molecule has 1 aliphatic carbocycles. The quantitative estimate of drug-likeness (QED) is 0.579. The van der Waals surface area contributed by atoms with Crippen LogP contribution in [0, 0.1) is 10.8 Å². The molecule has 0 bridgehead atoms. The average molecular weight is 263 g/mol. The highest BCUT2D eigenvalue weighted by atomic mass is 79.9. The van der Waals surface area contributed by atoms with Crippen molar-refractivity contribution >= 4 is 26.6 Å². The van der Waals surface area contributed by atoms with E-state index in [4.69, 9.17) is 4.74 Å². The van der Waals surface area contributed by atoms with Crippen LogP contribution in [-0.2, 0) is 14.3 Å². The lowest BCUT2D eigenvalue weighted by molar-refractivity contribution is -0.172. The number of ether oxygens (including phenoxy) is 1. The first-order valence-electron chi connectivity index (χ1n) is 4.67. The first-order valence-corrected chi connectivity index (χ1v) is 5.46. The molecule has 0 aromatic rings. The van der Waals surface area contributed by atoms with E-state index in [2.05, 4.69) is 15.9 Å². The van der Waals surface area contributed by atoms with Crippen molar-refractivity contribution in [2.75, 3.05) is 7.11 Å². The maximum Gasteiger partial charge on any atom is 0.312 e. The Bertz CT molecular complexity index is 267. The second-order valence-electron chi connectivity index (χ2n) is 4.33. The predicted molar refractivity (Wildman–Crippen MR) is 56.0 cm³/mol. The maximum absolute atomic E-state index is 11.7. The minimum atomic E-state index is -0.682. The number of halogens is 1. The second kappa shape index (κ2) is 3.65. The molecule has 0 saturated heterocycles. The standard InChI is InChI=1S/C10H15BrO3/c1-9(2,7(11)12)10(5-4-6-10)8(13)14-3/h4-6H2,1-3H3. The summed E-state index contributed by atoms with van der Waals surface area (Å²) in [6.07, 6.45) is 2.47. The number of carbonyl (C=O) groups excluding carboxylic acids is 2. The highest BCUT2D eigenvalue weighted by Gasteiger charge is 2.58. The van der Waals surface area contributed by atoms with Crippen LogP contribution in [0.3, 0.4) is 0 Å². The van der Waals surface area contributed by atoms with Gasteiger partial charge in [0.25, 0.3) is 0 Å². The molecular formula is C10H15BrO3. The van der Waals surface area contributed by atoms with Crippen molar-refractivity contribution in [3.8, 4) is 0 Å². The molecule has 0 amide bonds. The van der Waals surface area contributed by atoms with Gasteiger partial charge in [0.1, 0.15) is 0 Å². The molecule has 0 aliphatic heterocycles. The number of esters is 1. The molecule has 0 aromatic carbocycles. The van der Waals surface area contributed by atoms with Crippen molar-refractivity contribution in [1.29, 1.82) is 0 Å². The summed E-state index contributed by atoms with van der Waals surface area (Å²) in [6, 6.07) is 0. The molecule has 4 heteroatoms. The first-order chi connectivity index (χ1) is 6.38. The first kappa shape index (κ1) is 11.7. The maximum atomic E-state index is 11.7. The second-order valence-corrected chi connectivity index (χ2v) is 5.05. The van der Waals surface area contributed by atoms with E-state index < -0.39 is 10.8 Å². The number of methoxy groups -OCH3 is 1. The van der Waals surface area contributed by atoms with Crippen molar-refractivity contribution in [3.63, 3.8) is 0 Å². The van der Waals surface area contributed by atoms with Crippen molar-refractivity contribution < 1.29 is 14.3 Å². The number of hydrogen-bond acceptors (Lipinski definition) is 3. The fraction of sp³-hybridized carbons (Fsp3) is 0.800. The third kappa shape index (κ3) is 1.40. The largest absolute Gasteiger partial charge is 0.469 e. The van der Waals surface area contributed by atoms with Crippen molar-refractivity contribution in [2.24, 2.45) is 10.8 Å². The Morgan fingerprint density at radius 2 is 1.86 bits per heavy atom. The molecule has 0 spiro atoms. The molecule has 1 fully saturated rings. The van der Waals surface area contributed by atoms with Gasteiger partial charge in [-0.15, -0.1) is 0 Å². The Morgan fingerprint density at radius 1 is 1.36 bits per heavy atom. The summed E-state index contributed by atoms with van der Waals surface area (Å²) in [6.45, 7) is 3.58. The number of carbonyl (C=O) groups is 2. The molecule has 1 aliphatic rings. The van der Waals surface area contributed by atoms with Crippen LogP contribution in [0.5, 0.6) is 0 Å². The van der Waals surface area contributed by atoms with Gasteiger partial charge < -0.3 is 4.74 Å². The lowest BCUT2D eigenvalue weighted by atomic mass is 9.55. The van der Waals surface area contributed by atoms with Gasteiger partial charge in [-0.25, -0.2) is 0 Å². The molecule has 80 valence electrons. The zero-order chi connectivity index (χ0) is 11.0. The summed E-state index contributed by atoms with van der Waals surface area (Å²) in [5.41, 5.74) is -1.29. The molecule has 3 nitrogen and oxygen atoms in total. The van der Waals surface area contributed by atoms with Gasteiger partial charge in [0, 0.05) is 0 Å². The van der Waals surface area contributed by atoms with E-state index >= 15 is 0 Å². The minimum absolute atomic E-state index is 0.130. The monoisotopic (exact) mass is 262 g/mol. The summed E-state index contributed by atoms with van der Waals surface area (Å²) < 4.78 is 4.65. The Balaban J connectivity index is 3.01. The summed E-state index contributed by atoms with van der Waals surface area (Å²) in [7, 11) is 1.37. The van der Waals surface area contributed by atoms with Crippen LogP contribution in [0.2, 0.25) is 0 Å². The van der Waals surface area contributed by atoms with Crippen LogP contribution in [0.1, 0.15) is 33.1 Å². The number of rotatable bonds is 3. The van der Waals surface area contributed by atoms with Crippen molar-refractivity contribution in [2.45, 2.75) is 33.1 Å². The zero-order valence-electron chi connectivity index (χ0n) is 8.72. The minimum Gasteiger partial charge on any atom is -0.469 e. The van der Waals surface area contributed by atoms with Crippen molar-refractivity contribution in [3.05, 3.63) is 0 Å². The van der Waals surface area contributed by atoms with Crippen molar-refractivity contribution in [1.82, 2.24) is 0 Å². The predicted octanol–water partition coefficient (Wildman–Crippen LogP) is 2.28. The Kier molecular flexibility index (Phi) is 3.04. The fourth-order valence-electron chi connectivity index (χ4n) is 2.00. The van der Waals surface area contributed by atoms with Gasteiger partial charge in [-0.3, -0.25) is 9.59 Å². The molecule has 0 unspecified atom stereocenters. The Labute approximate surface area is 92.3 Å². The molecular weight excluding hydrogens is 248 g/mol. The van der Waals surface area contributed by atoms with Gasteiger partial charge in [0.05, 0.1) is 17.9 Å². The van der Waals surface area contributed by atoms with Crippen LogP contribution in [0.25, 0.3) is 0 Å². The lowest BCUT2D eigenvalue weighted by Crippen LogP contribution is -2.52. The average Bonchev–Trinajstić information content (AvgIpc) is 2.01. The van der Waals surface area contributed by atoms with Crippen LogP contribution in [-0.4, -0.2) is 17.8 Å². The zero-order valence-corrected chi connectivity index (χ0v) is 10.3. The third-order valence-electron chi connectivity index (χ3n) is 3.47. The van der Waals surface area contributed by atoms with Crippen LogP contribution >= 0.6 is 15.9 Å². The van der Waals surface area contributed by atoms with Gasteiger partial charge in [0.2, 0.25) is 4.69 Å². The molecule has 1 saturated carbocycles. The molecule has 0 heterocycles. The van der Waals surface area contributed by atoms with E-state index in [1.54, 1.807) is 13.8 Å². The molecule has 0 aromatic heterocycles. The smallest absolute Gasteiger partial charge is 0.312 e. The van der Waals surface area contributed by atoms with Gasteiger partial charge >= 0.3 is 5.97 Å². The van der Waals surface area contributed by atoms with Crippen LogP contribution in [0.15, 0.2) is 0 Å². The summed E-state index contributed by atoms with van der Waals surface area (Å²) >= 11 is 2.96. The van der Waals surface area contributed by atoms with E-state index in [1.807, 2.05) is 0 Å². The summed E-state index contributed by atoms with van der Waals surface area (Å²) in [4.78, 5) is 23.1. The summed E-state index contributed by atoms with van der Waals surface area (Å²) in [5.74, 6) is -0.262. The third-order valence-corrected chi connectivity index (χ3v) is 4.46. The SMILES string of the molecule is COC(=O)C1(C(C)(C)C(=O)Br)CCC1. The summed E-state index contributed by atoms with van der Waals surface area (Å²) in [5, 5.41) is 0. The van der Waals surface area contributed by atoms with Gasteiger partial charge in [-0.1, -0.05) is 20.3 Å². The van der Waals surface area contributed by atoms with Gasteiger partial charge in [-0.05, 0) is 28.8 Å². The number of hydrogen-bond donors (Lipinski definition) is 0. The van der Waals surface area contributed by atoms with E-state index in [0.29, 0.717) is 0 Å². The van der Waals surface area contributed by atoms with E-state index in [-0.39, 0.29) is 10.7 Å². The molecule has 14 heavy (non-hydrogen) atoms. The highest BCUT2D eigenvalue weighted by molar-refractivity contribution is 9.18. The molecule has 0 N–H and O–H groups in total. The molecule has 0 atom stereocenters. The van der Waals surface area contributed by atoms with Gasteiger partial charge in [0.15, 0.2) is 0 Å². The Morgan fingerprint density at radius 3 is 2.07 bits per heavy atom. The van der Waals surface area contributed by atoms with E-state index in [9.17, 15) is 9.59 Å². The highest BCUT2D eigenvalue weighted by Crippen LogP contribution is 2.55. The topological polar surface area (TPSA) is 43.4 Å². The van der Waals surface area contributed by atoms with E-state index in [0.717, 1.165) is 19.3 Å². The molecule has 0 radical (unpaired) electrons. The van der Waals surface area contributed by atoms with Crippen LogP contribution in [0.4, 0.5) is 0 Å².